The second kappa shape index (κ2) is 13.7. The lowest BCUT2D eigenvalue weighted by molar-refractivity contribution is 1.14. The van der Waals surface area contributed by atoms with E-state index in [1.807, 2.05) is 24.3 Å². The summed E-state index contributed by atoms with van der Waals surface area (Å²) >= 11 is 0. The molecule has 4 heteroatoms. The van der Waals surface area contributed by atoms with Crippen molar-refractivity contribution in [2.75, 3.05) is 0 Å². The summed E-state index contributed by atoms with van der Waals surface area (Å²) in [7, 11) is 0. The van der Waals surface area contributed by atoms with Crippen molar-refractivity contribution >= 4 is 44.4 Å². The summed E-state index contributed by atoms with van der Waals surface area (Å²) in [6.45, 7) is 17.8. The summed E-state index contributed by atoms with van der Waals surface area (Å²) in [5.41, 5.74) is 24.2. The van der Waals surface area contributed by atoms with Gasteiger partial charge in [0.2, 0.25) is 0 Å². The van der Waals surface area contributed by atoms with E-state index in [2.05, 4.69) is 114 Å². The number of nitrogens with zero attached hydrogens (tertiary/aromatic N) is 2. The van der Waals surface area contributed by atoms with Crippen molar-refractivity contribution in [1.29, 1.82) is 0 Å². The Morgan fingerprint density at radius 1 is 0.538 bits per heavy atom. The number of aromatic amines is 2. The first-order valence-electron chi connectivity index (χ1n) is 18.5. The summed E-state index contributed by atoms with van der Waals surface area (Å²) in [4.78, 5) is 18.9. The molecule has 0 spiro atoms. The molecular weight excluding hydrogens is 633 g/mol. The average Bonchev–Trinajstić information content (AvgIpc) is 3.85. The fourth-order valence-electron chi connectivity index (χ4n) is 8.34. The molecule has 7 rings (SSSR count). The highest BCUT2D eigenvalue weighted by molar-refractivity contribution is 6.03. The molecule has 4 nitrogen and oxygen atoms in total. The van der Waals surface area contributed by atoms with Crippen molar-refractivity contribution in [2.45, 2.75) is 81.1 Å². The van der Waals surface area contributed by atoms with Gasteiger partial charge in [0.25, 0.3) is 0 Å². The third-order valence-corrected chi connectivity index (χ3v) is 11.2. The number of aryl methyl sites for hydroxylation is 4. The lowest BCUT2D eigenvalue weighted by Crippen LogP contribution is -1.93. The minimum Gasteiger partial charge on any atom is -0.354 e. The van der Waals surface area contributed by atoms with Crippen LogP contribution in [0.3, 0.4) is 0 Å². The summed E-state index contributed by atoms with van der Waals surface area (Å²) in [6.07, 6.45) is 15.1. The molecule has 258 valence electrons. The van der Waals surface area contributed by atoms with E-state index in [4.69, 9.17) is 22.8 Å². The number of nitrogens with one attached hydrogen (secondary N) is 2. The topological polar surface area (TPSA) is 57.4 Å². The van der Waals surface area contributed by atoms with Gasteiger partial charge in [-0.25, -0.2) is 9.97 Å². The minimum atomic E-state index is 0.849. The largest absolute Gasteiger partial charge is 0.354 e. The molecule has 2 aliphatic heterocycles. The number of aromatic nitrogens is 4. The fourth-order valence-corrected chi connectivity index (χ4v) is 8.34. The third kappa shape index (κ3) is 5.51. The molecule has 3 aromatic heterocycles. The Hall–Kier alpha value is -5.84. The summed E-state index contributed by atoms with van der Waals surface area (Å²) < 4.78 is 0. The van der Waals surface area contributed by atoms with Crippen LogP contribution in [0.4, 0.5) is 0 Å². The second-order valence-corrected chi connectivity index (χ2v) is 13.8. The Kier molecular flexibility index (Phi) is 9.12. The molecular formula is C48H46N4. The maximum Gasteiger partial charge on any atom is 0.0769 e. The highest BCUT2D eigenvalue weighted by atomic mass is 14.8. The van der Waals surface area contributed by atoms with Crippen LogP contribution >= 0.6 is 0 Å². The van der Waals surface area contributed by atoms with Gasteiger partial charge in [0.05, 0.1) is 33.8 Å². The molecule has 8 bridgehead atoms. The number of rotatable bonds is 6. The standard InChI is InChI=1S/C48H46N4/c1-11-31-17-21-33(22-18-31)43-45-27(7)35(13-3)39(49-45)25-41-37(15-5)29(9)47(51-41)44(34-23-19-32(12-2)20-24-34)48-30(10)38(16-6)42(52-48)26-40-36(14-4)28(8)46(43)50-40/h1-2,17-26,49-50H,13-16H2,3-10H3. The summed E-state index contributed by atoms with van der Waals surface area (Å²) in [6, 6.07) is 21.2. The van der Waals surface area contributed by atoms with Crippen molar-refractivity contribution < 1.29 is 0 Å². The SMILES string of the molecule is C#Cc1ccc(-c2c3nc(cc4[nH]c(c(C)c4CC)c(-c4ccc(C#C)cc4)c4[nH]c(cc5nc2C(C)=C5CC)c(CC)c4C)C(CC)=C3C)cc1. The van der Waals surface area contributed by atoms with Gasteiger partial charge in [-0.3, -0.25) is 0 Å². The number of hydrogen-bond donors (Lipinski definition) is 2. The van der Waals surface area contributed by atoms with Crippen LogP contribution < -0.4 is 0 Å². The fraction of sp³-hybridized carbons (Fsp3) is 0.250. The van der Waals surface area contributed by atoms with Crippen LogP contribution in [-0.2, 0) is 12.8 Å². The lowest BCUT2D eigenvalue weighted by atomic mass is 9.93. The first-order chi connectivity index (χ1) is 25.2. The first kappa shape index (κ1) is 34.6. The van der Waals surface area contributed by atoms with Crippen LogP contribution in [0.25, 0.3) is 66.6 Å². The number of allylic oxidation sites excluding steroid dienone is 4. The van der Waals surface area contributed by atoms with Crippen LogP contribution in [0.1, 0.15) is 111 Å². The highest BCUT2D eigenvalue weighted by Gasteiger charge is 2.26. The van der Waals surface area contributed by atoms with Gasteiger partial charge in [-0.15, -0.1) is 12.8 Å². The molecule has 5 heterocycles. The molecule has 0 aliphatic carbocycles. The minimum absolute atomic E-state index is 0.849. The predicted octanol–water partition coefficient (Wildman–Crippen LogP) is 12.0. The van der Waals surface area contributed by atoms with Gasteiger partial charge in [-0.1, -0.05) is 63.8 Å². The summed E-state index contributed by atoms with van der Waals surface area (Å²) in [5, 5.41) is 0. The smallest absolute Gasteiger partial charge is 0.0769 e. The van der Waals surface area contributed by atoms with Gasteiger partial charge in [0, 0.05) is 33.3 Å². The zero-order valence-corrected chi connectivity index (χ0v) is 31.7. The Morgan fingerprint density at radius 3 is 1.27 bits per heavy atom. The molecule has 5 aromatic rings. The van der Waals surface area contributed by atoms with Gasteiger partial charge in [-0.2, -0.15) is 0 Å². The normalized spacial score (nSPS) is 12.7. The Bertz CT molecular complexity index is 2460. The van der Waals surface area contributed by atoms with Crippen molar-refractivity contribution in [3.05, 3.63) is 117 Å². The van der Waals surface area contributed by atoms with E-state index in [1.54, 1.807) is 0 Å². The van der Waals surface area contributed by atoms with Crippen molar-refractivity contribution in [3.8, 4) is 46.9 Å². The third-order valence-electron chi connectivity index (χ3n) is 11.2. The molecule has 0 fully saturated rings. The van der Waals surface area contributed by atoms with E-state index in [0.29, 0.717) is 0 Å². The number of benzene rings is 2. The first-order valence-corrected chi connectivity index (χ1v) is 18.5. The molecule has 0 unspecified atom stereocenters. The number of hydrogen-bond acceptors (Lipinski definition) is 2. The van der Waals surface area contributed by atoms with Gasteiger partial charge in [-0.05, 0) is 145 Å². The van der Waals surface area contributed by atoms with E-state index in [1.165, 1.54) is 44.5 Å². The molecule has 0 saturated heterocycles. The Balaban J connectivity index is 1.75. The number of fused-ring (bicyclic) bond motifs is 8. The van der Waals surface area contributed by atoms with Crippen molar-refractivity contribution in [2.24, 2.45) is 0 Å². The van der Waals surface area contributed by atoms with Crippen molar-refractivity contribution in [3.63, 3.8) is 0 Å². The highest BCUT2D eigenvalue weighted by Crippen LogP contribution is 2.44. The van der Waals surface area contributed by atoms with Crippen LogP contribution in [0.5, 0.6) is 0 Å². The second-order valence-electron chi connectivity index (χ2n) is 13.8. The Morgan fingerprint density at radius 2 is 0.923 bits per heavy atom. The predicted molar refractivity (Wildman–Crippen MR) is 222 cm³/mol. The van der Waals surface area contributed by atoms with E-state index in [-0.39, 0.29) is 0 Å². The molecule has 0 atom stereocenters. The number of H-pyrrole nitrogens is 2. The zero-order valence-electron chi connectivity index (χ0n) is 31.7. The van der Waals surface area contributed by atoms with Crippen molar-refractivity contribution in [1.82, 2.24) is 19.9 Å². The van der Waals surface area contributed by atoms with Gasteiger partial charge >= 0.3 is 0 Å². The molecule has 2 aromatic carbocycles. The van der Waals surface area contributed by atoms with E-state index in [9.17, 15) is 0 Å². The molecule has 0 amide bonds. The monoisotopic (exact) mass is 678 g/mol. The maximum atomic E-state index is 5.80. The number of terminal acetylenes is 2. The molecule has 0 saturated carbocycles. The quantitative estimate of drug-likeness (QED) is 0.176. The maximum absolute atomic E-state index is 5.80. The molecule has 2 aliphatic rings. The van der Waals surface area contributed by atoms with Crippen LogP contribution in [0.15, 0.2) is 60.7 Å². The molecule has 52 heavy (non-hydrogen) atoms. The lowest BCUT2D eigenvalue weighted by Gasteiger charge is -2.10. The molecule has 0 radical (unpaired) electrons. The van der Waals surface area contributed by atoms with Crippen LogP contribution in [0, 0.1) is 38.5 Å². The van der Waals surface area contributed by atoms with Crippen LogP contribution in [-0.4, -0.2) is 19.9 Å². The van der Waals surface area contributed by atoms with Crippen LogP contribution in [0.2, 0.25) is 0 Å². The molecule has 2 N–H and O–H groups in total. The van der Waals surface area contributed by atoms with Gasteiger partial charge in [0.1, 0.15) is 0 Å². The van der Waals surface area contributed by atoms with Gasteiger partial charge < -0.3 is 9.97 Å². The zero-order chi connectivity index (χ0) is 36.8. The van der Waals surface area contributed by atoms with E-state index >= 15 is 0 Å². The van der Waals surface area contributed by atoms with E-state index < -0.39 is 0 Å². The van der Waals surface area contributed by atoms with E-state index in [0.717, 1.165) is 104 Å². The summed E-state index contributed by atoms with van der Waals surface area (Å²) in [5.74, 6) is 5.57. The van der Waals surface area contributed by atoms with Gasteiger partial charge in [0.15, 0.2) is 0 Å². The Labute approximate surface area is 308 Å². The average molecular weight is 679 g/mol.